The van der Waals surface area contributed by atoms with Crippen molar-refractivity contribution in [3.63, 3.8) is 0 Å². The van der Waals surface area contributed by atoms with Crippen molar-refractivity contribution in [3.8, 4) is 5.69 Å². The van der Waals surface area contributed by atoms with Gasteiger partial charge in [-0.1, -0.05) is 18.2 Å². The van der Waals surface area contributed by atoms with Gasteiger partial charge in [-0.2, -0.15) is 5.10 Å². The van der Waals surface area contributed by atoms with Crippen LogP contribution < -0.4 is 15.8 Å². The van der Waals surface area contributed by atoms with Crippen LogP contribution in [-0.4, -0.2) is 52.9 Å². The van der Waals surface area contributed by atoms with Gasteiger partial charge < -0.3 is 9.64 Å². The summed E-state index contributed by atoms with van der Waals surface area (Å²) in [7, 11) is 0. The number of ether oxygens (including phenoxy) is 1. The molecular formula is C21H22N6O3S. The fourth-order valence-electron chi connectivity index (χ4n) is 3.91. The average Bonchev–Trinajstić information content (AvgIpc) is 3.55. The molecule has 1 aromatic carbocycles. The minimum atomic E-state index is -0.455. The summed E-state index contributed by atoms with van der Waals surface area (Å²) in [5, 5.41) is 7.00. The van der Waals surface area contributed by atoms with Crippen LogP contribution in [0.15, 0.2) is 35.7 Å². The van der Waals surface area contributed by atoms with E-state index in [1.54, 1.807) is 5.38 Å². The molecule has 0 unspecified atom stereocenters. The summed E-state index contributed by atoms with van der Waals surface area (Å²) < 4.78 is 7.17. The molecule has 3 aromatic rings. The Kier molecular flexibility index (Phi) is 5.39. The number of fused-ring (bicyclic) bond motifs is 1. The van der Waals surface area contributed by atoms with Gasteiger partial charge in [-0.05, 0) is 31.4 Å². The van der Waals surface area contributed by atoms with Crippen LogP contribution in [0.3, 0.4) is 0 Å². The van der Waals surface area contributed by atoms with Gasteiger partial charge in [0.15, 0.2) is 10.8 Å². The Morgan fingerprint density at radius 1 is 1.03 bits per heavy atom. The number of nitrogens with one attached hydrogen (secondary N) is 2. The molecule has 10 heteroatoms. The third-order valence-electron chi connectivity index (χ3n) is 5.44. The van der Waals surface area contributed by atoms with Crippen LogP contribution in [0.2, 0.25) is 0 Å². The van der Waals surface area contributed by atoms with Crippen LogP contribution in [0.25, 0.3) is 5.69 Å². The predicted octanol–water partition coefficient (Wildman–Crippen LogP) is 1.73. The molecule has 3 heterocycles. The highest BCUT2D eigenvalue weighted by Gasteiger charge is 2.27. The average molecular weight is 439 g/mol. The molecule has 2 aromatic heterocycles. The quantitative estimate of drug-likeness (QED) is 0.602. The number of carbonyl (C=O) groups is 2. The standard InChI is InChI=1S/C21H22N6O3S/c28-19(16-13-31-21(22-16)26-9-11-30-12-10-26)23-24-20(29)18-15-7-4-8-17(15)27(25-18)14-5-2-1-3-6-14/h1-3,5-6,13H,4,7-12H2,(H,23,28)(H,24,29). The van der Waals surface area contributed by atoms with Crippen molar-refractivity contribution in [1.29, 1.82) is 0 Å². The van der Waals surface area contributed by atoms with Crippen molar-refractivity contribution < 1.29 is 14.3 Å². The number of amides is 2. The minimum absolute atomic E-state index is 0.270. The van der Waals surface area contributed by atoms with Gasteiger partial charge in [-0.3, -0.25) is 20.4 Å². The Labute approximate surface area is 183 Å². The van der Waals surface area contributed by atoms with E-state index in [1.807, 2.05) is 35.0 Å². The third-order valence-corrected chi connectivity index (χ3v) is 6.34. The molecule has 0 radical (unpaired) electrons. The number of anilines is 1. The van der Waals surface area contributed by atoms with E-state index in [4.69, 9.17) is 4.74 Å². The number of hydrogen-bond donors (Lipinski definition) is 2. The molecule has 1 saturated heterocycles. The van der Waals surface area contributed by atoms with Crippen molar-refractivity contribution in [3.05, 3.63) is 58.4 Å². The summed E-state index contributed by atoms with van der Waals surface area (Å²) >= 11 is 1.40. The maximum atomic E-state index is 12.8. The summed E-state index contributed by atoms with van der Waals surface area (Å²) in [6, 6.07) is 9.75. The second-order valence-electron chi connectivity index (χ2n) is 7.40. The van der Waals surface area contributed by atoms with Crippen molar-refractivity contribution in [2.24, 2.45) is 0 Å². The summed E-state index contributed by atoms with van der Waals surface area (Å²) in [6.45, 7) is 2.80. The monoisotopic (exact) mass is 438 g/mol. The van der Waals surface area contributed by atoms with Gasteiger partial charge in [-0.15, -0.1) is 11.3 Å². The number of carbonyl (C=O) groups excluding carboxylic acids is 2. The normalized spacial score (nSPS) is 15.5. The molecule has 0 atom stereocenters. The van der Waals surface area contributed by atoms with Crippen LogP contribution in [0.4, 0.5) is 5.13 Å². The number of nitrogens with zero attached hydrogens (tertiary/aromatic N) is 4. The molecule has 2 amide bonds. The first-order valence-electron chi connectivity index (χ1n) is 10.3. The van der Waals surface area contributed by atoms with Crippen LogP contribution in [0, 0.1) is 0 Å². The first-order chi connectivity index (χ1) is 15.2. The maximum Gasteiger partial charge on any atom is 0.290 e. The minimum Gasteiger partial charge on any atom is -0.378 e. The molecule has 2 aliphatic rings. The Balaban J connectivity index is 1.27. The molecule has 1 aliphatic heterocycles. The van der Waals surface area contributed by atoms with Crippen molar-refractivity contribution in [1.82, 2.24) is 25.6 Å². The molecule has 5 rings (SSSR count). The smallest absolute Gasteiger partial charge is 0.290 e. The summed E-state index contributed by atoms with van der Waals surface area (Å²) in [4.78, 5) is 31.8. The predicted molar refractivity (Wildman–Crippen MR) is 116 cm³/mol. The lowest BCUT2D eigenvalue weighted by molar-refractivity contribution is 0.0841. The van der Waals surface area contributed by atoms with Gasteiger partial charge in [-0.25, -0.2) is 9.67 Å². The summed E-state index contributed by atoms with van der Waals surface area (Å²) in [6.07, 6.45) is 2.66. The number of hydrogen-bond acceptors (Lipinski definition) is 7. The van der Waals surface area contributed by atoms with Gasteiger partial charge >= 0.3 is 0 Å². The zero-order valence-corrected chi connectivity index (χ0v) is 17.7. The molecule has 31 heavy (non-hydrogen) atoms. The van der Waals surface area contributed by atoms with Crippen LogP contribution in [0.1, 0.15) is 38.7 Å². The van der Waals surface area contributed by atoms with E-state index in [1.165, 1.54) is 11.3 Å². The summed E-state index contributed by atoms with van der Waals surface area (Å²) in [5.74, 6) is -0.881. The van der Waals surface area contributed by atoms with E-state index in [2.05, 4.69) is 25.8 Å². The van der Waals surface area contributed by atoms with Crippen molar-refractivity contribution >= 4 is 28.3 Å². The van der Waals surface area contributed by atoms with Crippen molar-refractivity contribution in [2.45, 2.75) is 19.3 Å². The zero-order chi connectivity index (χ0) is 21.2. The van der Waals surface area contributed by atoms with Crippen molar-refractivity contribution in [2.75, 3.05) is 31.2 Å². The lowest BCUT2D eigenvalue weighted by Gasteiger charge is -2.25. The number of morpholine rings is 1. The lowest BCUT2D eigenvalue weighted by Crippen LogP contribution is -2.42. The number of para-hydroxylation sites is 1. The summed E-state index contributed by atoms with van der Waals surface area (Å²) in [5.41, 5.74) is 8.50. The third kappa shape index (κ3) is 3.91. The lowest BCUT2D eigenvalue weighted by atomic mass is 10.2. The van der Waals surface area contributed by atoms with Gasteiger partial charge in [0, 0.05) is 29.7 Å². The molecule has 160 valence electrons. The Morgan fingerprint density at radius 2 is 1.81 bits per heavy atom. The van der Waals surface area contributed by atoms with Gasteiger partial charge in [0.05, 0.1) is 18.9 Å². The van der Waals surface area contributed by atoms with E-state index in [0.29, 0.717) is 18.9 Å². The topological polar surface area (TPSA) is 101 Å². The van der Waals surface area contributed by atoms with E-state index >= 15 is 0 Å². The Hall–Kier alpha value is -3.24. The molecule has 9 nitrogen and oxygen atoms in total. The highest BCUT2D eigenvalue weighted by Crippen LogP contribution is 2.27. The van der Waals surface area contributed by atoms with Crippen LogP contribution in [-0.2, 0) is 17.6 Å². The van der Waals surface area contributed by atoms with E-state index in [0.717, 1.165) is 54.4 Å². The highest BCUT2D eigenvalue weighted by atomic mass is 32.1. The number of benzene rings is 1. The maximum absolute atomic E-state index is 12.8. The second kappa shape index (κ2) is 8.48. The number of rotatable bonds is 4. The fourth-order valence-corrected chi connectivity index (χ4v) is 4.77. The van der Waals surface area contributed by atoms with Gasteiger partial charge in [0.2, 0.25) is 0 Å². The zero-order valence-electron chi connectivity index (χ0n) is 16.8. The molecule has 1 fully saturated rings. The molecule has 0 spiro atoms. The second-order valence-corrected chi connectivity index (χ2v) is 8.23. The fraction of sp³-hybridized carbons (Fsp3) is 0.333. The van der Waals surface area contributed by atoms with E-state index < -0.39 is 11.8 Å². The largest absolute Gasteiger partial charge is 0.378 e. The molecule has 2 N–H and O–H groups in total. The number of thiazole rings is 1. The molecular weight excluding hydrogens is 416 g/mol. The van der Waals surface area contributed by atoms with E-state index in [9.17, 15) is 9.59 Å². The van der Waals surface area contributed by atoms with Crippen LogP contribution >= 0.6 is 11.3 Å². The molecule has 1 aliphatic carbocycles. The molecule has 0 saturated carbocycles. The van der Waals surface area contributed by atoms with Gasteiger partial charge in [0.25, 0.3) is 11.8 Å². The van der Waals surface area contributed by atoms with Gasteiger partial charge in [0.1, 0.15) is 5.69 Å². The highest BCUT2D eigenvalue weighted by molar-refractivity contribution is 7.13. The Bertz CT molecular complexity index is 1100. The van der Waals surface area contributed by atoms with Crippen LogP contribution in [0.5, 0.6) is 0 Å². The number of aromatic nitrogens is 3. The first kappa shape index (κ1) is 19.7. The first-order valence-corrected chi connectivity index (χ1v) is 11.1. The van der Waals surface area contributed by atoms with E-state index in [-0.39, 0.29) is 5.69 Å². The Morgan fingerprint density at radius 3 is 2.61 bits per heavy atom. The number of hydrazine groups is 1. The molecule has 0 bridgehead atoms. The SMILES string of the molecule is O=C(NNC(=O)c1nn(-c2ccccc2)c2c1CCC2)c1csc(N2CCOCC2)n1.